The number of hydrogen-bond acceptors (Lipinski definition) is 14. The second-order valence-electron chi connectivity index (χ2n) is 6.96. The monoisotopic (exact) mass is 578 g/mol. The van der Waals surface area contributed by atoms with Crippen LogP contribution >= 0.6 is 23.5 Å². The lowest BCUT2D eigenvalue weighted by atomic mass is 9.85. The lowest BCUT2D eigenvalue weighted by Crippen LogP contribution is -2.65. The minimum absolute atomic E-state index is 0.609. The number of ether oxygens (including phenoxy) is 2. The van der Waals surface area contributed by atoms with Gasteiger partial charge in [-0.25, -0.2) is 13.7 Å². The fraction of sp³-hybridized carbons (Fsp3) is 0.846. The Morgan fingerprint density at radius 2 is 1.17 bits per heavy atom. The summed E-state index contributed by atoms with van der Waals surface area (Å²) < 4.78 is 61.5. The molecule has 1 fully saturated rings. The molecule has 0 bridgehead atoms. The van der Waals surface area contributed by atoms with E-state index in [1.807, 2.05) is 0 Å². The van der Waals surface area contributed by atoms with Gasteiger partial charge in [0.25, 0.3) is 0 Å². The summed E-state index contributed by atoms with van der Waals surface area (Å²) >= 11 is 0. The molecule has 0 aliphatic heterocycles. The number of esters is 2. The van der Waals surface area contributed by atoms with E-state index in [2.05, 4.69) is 22.8 Å². The average molecular weight is 578 g/mol. The third-order valence-electron chi connectivity index (χ3n) is 4.02. The molecule has 0 radical (unpaired) electrons. The van der Waals surface area contributed by atoms with Crippen LogP contribution < -0.4 is 0 Å². The van der Waals surface area contributed by atoms with Crippen molar-refractivity contribution in [2.75, 3.05) is 13.2 Å². The van der Waals surface area contributed by atoms with Gasteiger partial charge in [-0.05, 0) is 0 Å². The second-order valence-corrected chi connectivity index (χ2v) is 10.8. The molecular formula is C13H25O19P3. The quantitative estimate of drug-likeness (QED) is 0.0847. The minimum atomic E-state index is -5.55. The molecule has 0 spiro atoms. The van der Waals surface area contributed by atoms with Gasteiger partial charge in [-0.3, -0.25) is 27.7 Å². The molecule has 35 heavy (non-hydrogen) atoms. The van der Waals surface area contributed by atoms with Crippen molar-refractivity contribution in [1.82, 2.24) is 0 Å². The van der Waals surface area contributed by atoms with Crippen LogP contribution in [0.1, 0.15) is 13.8 Å². The summed E-state index contributed by atoms with van der Waals surface area (Å²) in [7, 11) is -16.4. The van der Waals surface area contributed by atoms with Gasteiger partial charge in [0.05, 0.1) is 6.61 Å². The summed E-state index contributed by atoms with van der Waals surface area (Å²) in [5.41, 5.74) is 0. The highest BCUT2D eigenvalue weighted by Crippen LogP contribution is 2.51. The number of phosphoric ester groups is 3. The Labute approximate surface area is 196 Å². The van der Waals surface area contributed by atoms with Gasteiger partial charge >= 0.3 is 35.4 Å². The number of phosphoric acid groups is 3. The first-order valence-electron chi connectivity index (χ1n) is 9.21. The van der Waals surface area contributed by atoms with Crippen LogP contribution in [0.2, 0.25) is 0 Å². The molecule has 206 valence electrons. The average Bonchev–Trinajstić information content (AvgIpc) is 2.66. The van der Waals surface area contributed by atoms with E-state index in [9.17, 15) is 43.5 Å². The molecule has 0 amide bonds. The second kappa shape index (κ2) is 12.6. The summed E-state index contributed by atoms with van der Waals surface area (Å²) in [5.74, 6) is -1.69. The van der Waals surface area contributed by atoms with Gasteiger partial charge in [-0.1, -0.05) is 0 Å². The van der Waals surface area contributed by atoms with E-state index in [1.165, 1.54) is 0 Å². The van der Waals surface area contributed by atoms with Crippen LogP contribution in [0.4, 0.5) is 0 Å². The van der Waals surface area contributed by atoms with Crippen LogP contribution in [0.25, 0.3) is 0 Å². The molecule has 0 saturated heterocycles. The molecule has 1 rings (SSSR count). The third-order valence-corrected chi connectivity index (χ3v) is 6.04. The Hall–Kier alpha value is -0.850. The van der Waals surface area contributed by atoms with Crippen molar-refractivity contribution in [3.8, 4) is 0 Å². The van der Waals surface area contributed by atoms with Crippen LogP contribution in [-0.2, 0) is 50.9 Å². The van der Waals surface area contributed by atoms with Crippen molar-refractivity contribution >= 4 is 35.4 Å². The zero-order valence-corrected chi connectivity index (χ0v) is 20.5. The summed E-state index contributed by atoms with van der Waals surface area (Å²) in [4.78, 5) is 67.9. The first-order valence-corrected chi connectivity index (χ1v) is 13.8. The van der Waals surface area contributed by atoms with Gasteiger partial charge in [0, 0.05) is 13.8 Å². The Kier molecular flexibility index (Phi) is 11.6. The molecule has 1 aliphatic carbocycles. The van der Waals surface area contributed by atoms with Crippen LogP contribution in [0.3, 0.4) is 0 Å². The minimum Gasteiger partial charge on any atom is -0.462 e. The molecule has 8 atom stereocenters. The van der Waals surface area contributed by atoms with Crippen LogP contribution in [0.5, 0.6) is 0 Å². The van der Waals surface area contributed by atoms with E-state index in [4.69, 9.17) is 24.3 Å². The maximum atomic E-state index is 12.3. The Balaban J connectivity index is 3.08. The van der Waals surface area contributed by atoms with Crippen molar-refractivity contribution in [3.63, 3.8) is 0 Å². The molecule has 19 nitrogen and oxygen atoms in total. The predicted octanol–water partition coefficient (Wildman–Crippen LogP) is -2.96. The molecule has 0 aromatic heterocycles. The Bertz CT molecular complexity index is 881. The van der Waals surface area contributed by atoms with Crippen molar-refractivity contribution in [2.45, 2.75) is 56.6 Å². The van der Waals surface area contributed by atoms with Crippen LogP contribution in [-0.4, -0.2) is 108 Å². The van der Waals surface area contributed by atoms with Crippen molar-refractivity contribution in [2.24, 2.45) is 0 Å². The fourth-order valence-electron chi connectivity index (χ4n) is 2.78. The molecule has 1 saturated carbocycles. The normalized spacial score (nSPS) is 30.2. The fourth-order valence-corrected chi connectivity index (χ4v) is 4.87. The Morgan fingerprint density at radius 3 is 1.60 bits per heavy atom. The van der Waals surface area contributed by atoms with Gasteiger partial charge in [-0.2, -0.15) is 0 Å². The highest BCUT2D eigenvalue weighted by molar-refractivity contribution is 7.47. The SMILES string of the molecule is CC(=O)OCC(COP(=O)(O)OC1C(O)C(O)C(OP(=O)(O)O)C(OP(=O)(O)O)C1O)OC(C)=O. The van der Waals surface area contributed by atoms with Crippen LogP contribution in [0.15, 0.2) is 0 Å². The van der Waals surface area contributed by atoms with E-state index in [-0.39, 0.29) is 0 Å². The van der Waals surface area contributed by atoms with Crippen LogP contribution in [0, 0.1) is 0 Å². The van der Waals surface area contributed by atoms with E-state index >= 15 is 0 Å². The van der Waals surface area contributed by atoms with Crippen molar-refractivity contribution in [3.05, 3.63) is 0 Å². The number of rotatable bonds is 12. The highest BCUT2D eigenvalue weighted by atomic mass is 31.2. The molecule has 0 aromatic carbocycles. The van der Waals surface area contributed by atoms with Gasteiger partial charge in [0.2, 0.25) is 0 Å². The molecule has 8 N–H and O–H groups in total. The molecule has 1 aliphatic rings. The molecule has 0 aromatic rings. The number of aliphatic hydroxyl groups is 3. The van der Waals surface area contributed by atoms with Crippen molar-refractivity contribution < 1.29 is 90.6 Å². The zero-order chi connectivity index (χ0) is 27.4. The zero-order valence-electron chi connectivity index (χ0n) is 17.9. The molecular weight excluding hydrogens is 553 g/mol. The topological polar surface area (TPSA) is 303 Å². The Morgan fingerprint density at radius 1 is 0.714 bits per heavy atom. The molecule has 22 heteroatoms. The standard InChI is InChI=1S/C13H25O19P3/c1-5(14)27-3-7(29-6(2)15)4-28-35(25,26)32-11-8(16)9(17)12(30-33(19,20)21)13(10(11)18)31-34(22,23)24/h7-13,16-18H,3-4H2,1-2H3,(H,25,26)(H2,19,20,21)(H2,22,23,24). The summed E-state index contributed by atoms with van der Waals surface area (Å²) in [6.45, 7) is 0.433. The highest BCUT2D eigenvalue weighted by Gasteiger charge is 2.56. The maximum absolute atomic E-state index is 12.3. The summed E-state index contributed by atoms with van der Waals surface area (Å²) in [6.07, 6.45) is -16.3. The van der Waals surface area contributed by atoms with E-state index < -0.39 is 91.3 Å². The number of carbonyl (C=O) groups is 2. The van der Waals surface area contributed by atoms with Gasteiger partial charge < -0.3 is 49.3 Å². The summed E-state index contributed by atoms with van der Waals surface area (Å²) in [5, 5.41) is 30.6. The molecule has 0 heterocycles. The largest absolute Gasteiger partial charge is 0.472 e. The van der Waals surface area contributed by atoms with Gasteiger partial charge in [-0.15, -0.1) is 0 Å². The first kappa shape index (κ1) is 32.2. The van der Waals surface area contributed by atoms with Gasteiger partial charge in [0.1, 0.15) is 43.2 Å². The smallest absolute Gasteiger partial charge is 0.462 e. The lowest BCUT2D eigenvalue weighted by molar-refractivity contribution is -0.213. The maximum Gasteiger partial charge on any atom is 0.472 e. The first-order chi connectivity index (χ1) is 15.7. The molecule has 8 unspecified atom stereocenters. The summed E-state index contributed by atoms with van der Waals surface area (Å²) in [6, 6.07) is 0. The number of carbonyl (C=O) groups excluding carboxylic acids is 2. The van der Waals surface area contributed by atoms with E-state index in [1.54, 1.807) is 0 Å². The van der Waals surface area contributed by atoms with Gasteiger partial charge in [0.15, 0.2) is 6.10 Å². The lowest BCUT2D eigenvalue weighted by Gasteiger charge is -2.44. The number of aliphatic hydroxyl groups excluding tert-OH is 3. The predicted molar refractivity (Wildman–Crippen MR) is 105 cm³/mol. The van der Waals surface area contributed by atoms with E-state index in [0.717, 1.165) is 13.8 Å². The van der Waals surface area contributed by atoms with E-state index in [0.29, 0.717) is 0 Å². The third kappa shape index (κ3) is 11.4. The van der Waals surface area contributed by atoms with Crippen molar-refractivity contribution in [1.29, 1.82) is 0 Å². The number of hydrogen-bond donors (Lipinski definition) is 8.